The fraction of sp³-hybridized carbons (Fsp3) is 0.615. The second kappa shape index (κ2) is 5.36. The van der Waals surface area contributed by atoms with Crippen molar-refractivity contribution >= 4 is 0 Å². The quantitative estimate of drug-likeness (QED) is 0.824. The fourth-order valence-electron chi connectivity index (χ4n) is 1.69. The predicted molar refractivity (Wildman–Crippen MR) is 65.0 cm³/mol. The van der Waals surface area contributed by atoms with Gasteiger partial charge < -0.3 is 14.9 Å². The molecule has 2 rings (SSSR count). The molecule has 1 aromatic heterocycles. The van der Waals surface area contributed by atoms with Gasteiger partial charge in [0.25, 0.3) is 0 Å². The van der Waals surface area contributed by atoms with Gasteiger partial charge in [-0.3, -0.25) is 0 Å². The summed E-state index contributed by atoms with van der Waals surface area (Å²) in [6, 6.07) is 2.89. The molecule has 0 bridgehead atoms. The van der Waals surface area contributed by atoms with Crippen LogP contribution in [0.3, 0.4) is 0 Å². The average molecular weight is 237 g/mol. The van der Waals surface area contributed by atoms with Crippen LogP contribution in [0.1, 0.15) is 44.4 Å². The van der Waals surface area contributed by atoms with Crippen molar-refractivity contribution < 1.29 is 9.15 Å². The van der Waals surface area contributed by atoms with E-state index in [9.17, 15) is 4.79 Å². The maximum Gasteiger partial charge on any atom is 0.339 e. The Bertz CT molecular complexity index is 423. The SMILES string of the molecule is CCC[C@@H](N)c1cc(OCC2CC2)cc(=O)o1. The van der Waals surface area contributed by atoms with Gasteiger partial charge in [-0.1, -0.05) is 13.3 Å². The van der Waals surface area contributed by atoms with E-state index in [4.69, 9.17) is 14.9 Å². The summed E-state index contributed by atoms with van der Waals surface area (Å²) in [7, 11) is 0. The molecule has 1 atom stereocenters. The topological polar surface area (TPSA) is 65.5 Å². The van der Waals surface area contributed by atoms with Gasteiger partial charge in [-0.15, -0.1) is 0 Å². The van der Waals surface area contributed by atoms with Crippen molar-refractivity contribution in [1.29, 1.82) is 0 Å². The lowest BCUT2D eigenvalue weighted by Gasteiger charge is -2.10. The predicted octanol–water partition coefficient (Wildman–Crippen LogP) is 2.23. The van der Waals surface area contributed by atoms with E-state index in [-0.39, 0.29) is 11.7 Å². The minimum absolute atomic E-state index is 0.225. The molecule has 1 aliphatic carbocycles. The Balaban J connectivity index is 2.07. The first-order valence-corrected chi connectivity index (χ1v) is 6.22. The summed E-state index contributed by atoms with van der Waals surface area (Å²) in [5, 5.41) is 0. The minimum atomic E-state index is -0.389. The lowest BCUT2D eigenvalue weighted by Crippen LogP contribution is -2.13. The van der Waals surface area contributed by atoms with Crippen LogP contribution in [-0.4, -0.2) is 6.61 Å². The first-order valence-electron chi connectivity index (χ1n) is 6.22. The highest BCUT2D eigenvalue weighted by Crippen LogP contribution is 2.29. The van der Waals surface area contributed by atoms with E-state index in [0.29, 0.717) is 24.0 Å². The van der Waals surface area contributed by atoms with Gasteiger partial charge in [-0.25, -0.2) is 4.79 Å². The van der Waals surface area contributed by atoms with E-state index in [1.807, 2.05) is 6.92 Å². The van der Waals surface area contributed by atoms with Gasteiger partial charge >= 0.3 is 5.63 Å². The van der Waals surface area contributed by atoms with E-state index < -0.39 is 0 Å². The minimum Gasteiger partial charge on any atom is -0.493 e. The zero-order valence-electron chi connectivity index (χ0n) is 10.1. The van der Waals surface area contributed by atoms with Crippen LogP contribution in [-0.2, 0) is 0 Å². The highest BCUT2D eigenvalue weighted by atomic mass is 16.5. The number of hydrogen-bond donors (Lipinski definition) is 1. The van der Waals surface area contributed by atoms with Gasteiger partial charge in [0.1, 0.15) is 11.5 Å². The third-order valence-corrected chi connectivity index (χ3v) is 2.91. The van der Waals surface area contributed by atoms with Crippen LogP contribution in [0.4, 0.5) is 0 Å². The van der Waals surface area contributed by atoms with Gasteiger partial charge in [0, 0.05) is 6.07 Å². The number of ether oxygens (including phenoxy) is 1. The summed E-state index contributed by atoms with van der Waals surface area (Å²) in [4.78, 5) is 11.4. The largest absolute Gasteiger partial charge is 0.493 e. The molecule has 0 saturated heterocycles. The monoisotopic (exact) mass is 237 g/mol. The molecule has 4 heteroatoms. The zero-order chi connectivity index (χ0) is 12.3. The third-order valence-electron chi connectivity index (χ3n) is 2.91. The number of rotatable bonds is 6. The summed E-state index contributed by atoms with van der Waals surface area (Å²) in [5.74, 6) is 1.76. The van der Waals surface area contributed by atoms with Crippen LogP contribution in [0, 0.1) is 5.92 Å². The summed E-state index contributed by atoms with van der Waals surface area (Å²) in [6.45, 7) is 2.73. The Hall–Kier alpha value is -1.29. The molecular weight excluding hydrogens is 218 g/mol. The third kappa shape index (κ3) is 3.60. The van der Waals surface area contributed by atoms with Crippen LogP contribution >= 0.6 is 0 Å². The van der Waals surface area contributed by atoms with Crippen molar-refractivity contribution in [3.63, 3.8) is 0 Å². The maximum atomic E-state index is 11.4. The number of hydrogen-bond acceptors (Lipinski definition) is 4. The molecule has 2 N–H and O–H groups in total. The van der Waals surface area contributed by atoms with E-state index in [0.717, 1.165) is 12.8 Å². The Morgan fingerprint density at radius 1 is 1.53 bits per heavy atom. The van der Waals surface area contributed by atoms with Gasteiger partial charge in [-0.2, -0.15) is 0 Å². The van der Waals surface area contributed by atoms with Crippen molar-refractivity contribution in [1.82, 2.24) is 0 Å². The molecule has 1 aromatic rings. The molecule has 0 aromatic carbocycles. The van der Waals surface area contributed by atoms with Crippen LogP contribution < -0.4 is 16.1 Å². The van der Waals surface area contributed by atoms with Crippen LogP contribution in [0.25, 0.3) is 0 Å². The second-order valence-electron chi connectivity index (χ2n) is 4.66. The Labute approximate surface area is 101 Å². The van der Waals surface area contributed by atoms with Crippen molar-refractivity contribution in [2.45, 2.75) is 38.6 Å². The first-order chi connectivity index (χ1) is 8.19. The van der Waals surface area contributed by atoms with Gasteiger partial charge in [0.15, 0.2) is 0 Å². The molecule has 17 heavy (non-hydrogen) atoms. The summed E-state index contributed by atoms with van der Waals surface area (Å²) in [5.41, 5.74) is 5.53. The molecule has 0 unspecified atom stereocenters. The van der Waals surface area contributed by atoms with Gasteiger partial charge in [0.2, 0.25) is 0 Å². The van der Waals surface area contributed by atoms with Gasteiger partial charge in [-0.05, 0) is 25.2 Å². The molecule has 0 spiro atoms. The van der Waals surface area contributed by atoms with E-state index in [1.165, 1.54) is 18.9 Å². The molecule has 0 radical (unpaired) electrons. The second-order valence-corrected chi connectivity index (χ2v) is 4.66. The Kier molecular flexibility index (Phi) is 3.84. The molecule has 0 amide bonds. The summed E-state index contributed by atoms with van der Waals surface area (Å²) >= 11 is 0. The first kappa shape index (κ1) is 12.2. The molecule has 0 aliphatic heterocycles. The maximum absolute atomic E-state index is 11.4. The average Bonchev–Trinajstić information content (AvgIpc) is 3.10. The number of nitrogens with two attached hydrogens (primary N) is 1. The highest BCUT2D eigenvalue weighted by Gasteiger charge is 2.22. The van der Waals surface area contributed by atoms with Gasteiger partial charge in [0.05, 0.1) is 18.7 Å². The normalized spacial score (nSPS) is 16.8. The summed E-state index contributed by atoms with van der Waals surface area (Å²) in [6.07, 6.45) is 4.21. The molecule has 1 heterocycles. The fourth-order valence-corrected chi connectivity index (χ4v) is 1.69. The van der Waals surface area contributed by atoms with Crippen LogP contribution in [0.15, 0.2) is 21.3 Å². The van der Waals surface area contributed by atoms with Crippen LogP contribution in [0.5, 0.6) is 5.75 Å². The molecular formula is C13H19NO3. The zero-order valence-corrected chi connectivity index (χ0v) is 10.1. The van der Waals surface area contributed by atoms with Crippen molar-refractivity contribution in [3.05, 3.63) is 28.3 Å². The standard InChI is InChI=1S/C13H19NO3/c1-2-3-11(14)12-6-10(7-13(15)17-12)16-8-9-4-5-9/h6-7,9,11H,2-5,8,14H2,1H3/t11-/m1/s1. The lowest BCUT2D eigenvalue weighted by molar-refractivity contribution is 0.292. The molecule has 4 nitrogen and oxygen atoms in total. The smallest absolute Gasteiger partial charge is 0.339 e. The van der Waals surface area contributed by atoms with E-state index in [2.05, 4.69) is 0 Å². The molecule has 1 aliphatic rings. The molecule has 94 valence electrons. The van der Waals surface area contributed by atoms with Crippen molar-refractivity contribution in [3.8, 4) is 5.75 Å². The Morgan fingerprint density at radius 3 is 2.94 bits per heavy atom. The van der Waals surface area contributed by atoms with Crippen LogP contribution in [0.2, 0.25) is 0 Å². The van der Waals surface area contributed by atoms with E-state index >= 15 is 0 Å². The molecule has 1 fully saturated rings. The Morgan fingerprint density at radius 2 is 2.29 bits per heavy atom. The highest BCUT2D eigenvalue weighted by molar-refractivity contribution is 5.22. The van der Waals surface area contributed by atoms with E-state index in [1.54, 1.807) is 6.07 Å². The lowest BCUT2D eigenvalue weighted by atomic mass is 10.1. The summed E-state index contributed by atoms with van der Waals surface area (Å²) < 4.78 is 10.7. The molecule has 1 saturated carbocycles. The van der Waals surface area contributed by atoms with Crippen molar-refractivity contribution in [2.75, 3.05) is 6.61 Å². The van der Waals surface area contributed by atoms with Crippen molar-refractivity contribution in [2.24, 2.45) is 11.7 Å².